The summed E-state index contributed by atoms with van der Waals surface area (Å²) in [5.41, 5.74) is -2.79. The van der Waals surface area contributed by atoms with Gasteiger partial charge in [-0.25, -0.2) is 0 Å². The average Bonchev–Trinajstić information content (AvgIpc) is 2.39. The molecule has 0 bridgehead atoms. The molecule has 1 rings (SSSR count). The quantitative estimate of drug-likeness (QED) is 0.810. The van der Waals surface area contributed by atoms with Gasteiger partial charge in [0.25, 0.3) is 0 Å². The van der Waals surface area contributed by atoms with Crippen molar-refractivity contribution in [1.29, 1.82) is 0 Å². The normalized spacial score (nSPS) is 25.6. The van der Waals surface area contributed by atoms with Gasteiger partial charge in [0.2, 0.25) is 0 Å². The molecule has 4 heteroatoms. The van der Waals surface area contributed by atoms with E-state index in [9.17, 15) is 14.7 Å². The summed E-state index contributed by atoms with van der Waals surface area (Å²) in [4.78, 5) is 25.3. The molecule has 1 aliphatic rings. The summed E-state index contributed by atoms with van der Waals surface area (Å²) in [6.45, 7) is 12.4. The largest absolute Gasteiger partial charge is 0.459 e. The Morgan fingerprint density at radius 2 is 1.82 bits per heavy atom. The zero-order valence-electron chi connectivity index (χ0n) is 14.7. The van der Waals surface area contributed by atoms with Crippen molar-refractivity contribution >= 4 is 11.8 Å². The van der Waals surface area contributed by atoms with Crippen molar-refractivity contribution in [2.75, 3.05) is 0 Å². The highest BCUT2D eigenvalue weighted by Gasteiger charge is 2.53. The first-order valence-corrected chi connectivity index (χ1v) is 7.72. The summed E-state index contributed by atoms with van der Waals surface area (Å²) in [5.74, 6) is -1.97. The Kier molecular flexibility index (Phi) is 5.08. The van der Waals surface area contributed by atoms with Crippen LogP contribution in [-0.2, 0) is 14.3 Å². The lowest BCUT2D eigenvalue weighted by atomic mass is 9.68. The van der Waals surface area contributed by atoms with Gasteiger partial charge in [0.1, 0.15) is 11.5 Å². The fraction of sp³-hybridized carbons (Fsp3) is 0.667. The van der Waals surface area contributed by atoms with Crippen LogP contribution in [0.2, 0.25) is 0 Å². The maximum absolute atomic E-state index is 12.8. The lowest BCUT2D eigenvalue weighted by Crippen LogP contribution is -2.55. The molecular weight excluding hydrogens is 280 g/mol. The number of ether oxygens (including phenoxy) is 1. The maximum atomic E-state index is 12.8. The van der Waals surface area contributed by atoms with Crippen LogP contribution in [0.15, 0.2) is 23.8 Å². The molecule has 0 heterocycles. The Bertz CT molecular complexity index is 520. The second kappa shape index (κ2) is 5.99. The fourth-order valence-corrected chi connectivity index (χ4v) is 2.37. The summed E-state index contributed by atoms with van der Waals surface area (Å²) in [7, 11) is 0. The first-order chi connectivity index (χ1) is 9.86. The number of ketones is 1. The first-order valence-electron chi connectivity index (χ1n) is 7.72. The third-order valence-electron chi connectivity index (χ3n) is 4.21. The molecule has 0 aromatic carbocycles. The third kappa shape index (κ3) is 3.49. The van der Waals surface area contributed by atoms with E-state index in [4.69, 9.17) is 4.74 Å². The predicted octanol–water partition coefficient (Wildman–Crippen LogP) is 3.20. The van der Waals surface area contributed by atoms with Crippen molar-refractivity contribution in [2.24, 2.45) is 11.3 Å². The summed E-state index contributed by atoms with van der Waals surface area (Å²) >= 11 is 0. The number of hydrogen-bond donors (Lipinski definition) is 1. The molecule has 1 aliphatic carbocycles. The van der Waals surface area contributed by atoms with Crippen LogP contribution in [0.4, 0.5) is 0 Å². The van der Waals surface area contributed by atoms with E-state index in [1.165, 1.54) is 0 Å². The zero-order chi connectivity index (χ0) is 17.3. The van der Waals surface area contributed by atoms with Gasteiger partial charge < -0.3 is 9.84 Å². The number of carbonyl (C=O) groups excluding carboxylic acids is 2. The van der Waals surface area contributed by atoms with E-state index in [0.29, 0.717) is 12.0 Å². The lowest BCUT2D eigenvalue weighted by molar-refractivity contribution is -0.171. The summed E-state index contributed by atoms with van der Waals surface area (Å²) in [6, 6.07) is 0. The molecule has 124 valence electrons. The molecular formula is C18H28O4. The van der Waals surface area contributed by atoms with Crippen LogP contribution in [0.1, 0.15) is 54.9 Å². The molecule has 4 nitrogen and oxygen atoms in total. The van der Waals surface area contributed by atoms with Crippen LogP contribution >= 0.6 is 0 Å². The average molecular weight is 308 g/mol. The van der Waals surface area contributed by atoms with Crippen LogP contribution in [0, 0.1) is 11.3 Å². The van der Waals surface area contributed by atoms with Crippen LogP contribution in [0.5, 0.6) is 0 Å². The minimum absolute atomic E-state index is 0.380. The van der Waals surface area contributed by atoms with Gasteiger partial charge in [0, 0.05) is 5.41 Å². The van der Waals surface area contributed by atoms with Gasteiger partial charge in [-0.15, -0.1) is 0 Å². The van der Waals surface area contributed by atoms with Crippen LogP contribution < -0.4 is 0 Å². The number of rotatable bonds is 4. The van der Waals surface area contributed by atoms with Gasteiger partial charge in [-0.05, 0) is 32.8 Å². The highest BCUT2D eigenvalue weighted by atomic mass is 16.6. The predicted molar refractivity (Wildman–Crippen MR) is 86.3 cm³/mol. The Morgan fingerprint density at radius 1 is 1.27 bits per heavy atom. The van der Waals surface area contributed by atoms with Crippen molar-refractivity contribution < 1.29 is 19.4 Å². The molecule has 1 N–H and O–H groups in total. The molecule has 0 spiro atoms. The van der Waals surface area contributed by atoms with Crippen LogP contribution in [0.25, 0.3) is 0 Å². The van der Waals surface area contributed by atoms with E-state index in [1.807, 2.05) is 20.8 Å². The molecule has 2 atom stereocenters. The summed E-state index contributed by atoms with van der Waals surface area (Å²) in [6.07, 6.45) is 5.54. The summed E-state index contributed by atoms with van der Waals surface area (Å²) < 4.78 is 5.50. The van der Waals surface area contributed by atoms with E-state index in [1.54, 1.807) is 45.9 Å². The van der Waals surface area contributed by atoms with E-state index >= 15 is 0 Å². The van der Waals surface area contributed by atoms with Crippen LogP contribution in [0.3, 0.4) is 0 Å². The van der Waals surface area contributed by atoms with Crippen molar-refractivity contribution in [3.05, 3.63) is 23.8 Å². The monoisotopic (exact) mass is 308 g/mol. The third-order valence-corrected chi connectivity index (χ3v) is 4.21. The van der Waals surface area contributed by atoms with E-state index < -0.39 is 28.5 Å². The first kappa shape index (κ1) is 18.6. The van der Waals surface area contributed by atoms with Gasteiger partial charge in [0.05, 0.1) is 0 Å². The maximum Gasteiger partial charge on any atom is 0.317 e. The highest BCUT2D eigenvalue weighted by molar-refractivity contribution is 5.99. The van der Waals surface area contributed by atoms with Crippen molar-refractivity contribution in [3.8, 4) is 0 Å². The number of allylic oxidation sites excluding steroid dienone is 2. The Labute approximate surface area is 133 Å². The Morgan fingerprint density at radius 3 is 2.27 bits per heavy atom. The van der Waals surface area contributed by atoms with E-state index in [-0.39, 0.29) is 5.78 Å². The second-order valence-electron chi connectivity index (χ2n) is 7.59. The molecule has 0 aromatic rings. The van der Waals surface area contributed by atoms with E-state index in [2.05, 4.69) is 0 Å². The van der Waals surface area contributed by atoms with E-state index in [0.717, 1.165) is 0 Å². The molecule has 0 aromatic heterocycles. The molecule has 0 saturated carbocycles. The number of esters is 1. The molecule has 0 aliphatic heterocycles. The molecule has 0 radical (unpaired) electrons. The minimum Gasteiger partial charge on any atom is -0.459 e. The standard InChI is InChI=1S/C18H28O4/c1-8-17(6,7)22-14(19)13-11-9-10-12(2)18(13,21)15(20)16(3,4)5/h9-11,13,21H,8H2,1-7H3. The van der Waals surface area contributed by atoms with Gasteiger partial charge in [-0.2, -0.15) is 0 Å². The van der Waals surface area contributed by atoms with Gasteiger partial charge in [-0.1, -0.05) is 45.9 Å². The number of Topliss-reactive ketones (excluding diaryl/α,β-unsaturated/α-hetero) is 1. The molecule has 0 saturated heterocycles. The van der Waals surface area contributed by atoms with Gasteiger partial charge in [0.15, 0.2) is 11.4 Å². The van der Waals surface area contributed by atoms with Crippen LogP contribution in [-0.4, -0.2) is 28.1 Å². The number of hydrogen-bond acceptors (Lipinski definition) is 4. The SMILES string of the molecule is CCC(C)(C)OC(=O)C1C=CC=C(C)C1(O)C(=O)C(C)(C)C. The molecule has 0 fully saturated rings. The Balaban J connectivity index is 3.22. The topological polar surface area (TPSA) is 63.6 Å². The lowest BCUT2D eigenvalue weighted by Gasteiger charge is -2.39. The highest BCUT2D eigenvalue weighted by Crippen LogP contribution is 2.38. The number of aliphatic hydroxyl groups is 1. The second-order valence-corrected chi connectivity index (χ2v) is 7.59. The zero-order valence-corrected chi connectivity index (χ0v) is 14.7. The van der Waals surface area contributed by atoms with Gasteiger partial charge in [-0.3, -0.25) is 9.59 Å². The van der Waals surface area contributed by atoms with Crippen molar-refractivity contribution in [2.45, 2.75) is 66.1 Å². The Hall–Kier alpha value is -1.42. The smallest absolute Gasteiger partial charge is 0.317 e. The van der Waals surface area contributed by atoms with Gasteiger partial charge >= 0.3 is 5.97 Å². The van der Waals surface area contributed by atoms with Crippen molar-refractivity contribution in [3.63, 3.8) is 0 Å². The molecule has 0 amide bonds. The molecule has 2 unspecified atom stereocenters. The minimum atomic E-state index is -1.85. The molecule has 22 heavy (non-hydrogen) atoms. The fourth-order valence-electron chi connectivity index (χ4n) is 2.37. The van der Waals surface area contributed by atoms with Crippen molar-refractivity contribution in [1.82, 2.24) is 0 Å². The summed E-state index contributed by atoms with van der Waals surface area (Å²) in [5, 5.41) is 11.1. The number of carbonyl (C=O) groups is 2.